The van der Waals surface area contributed by atoms with Crippen molar-refractivity contribution >= 4 is 7.85 Å². The number of hydrogen-bond donors (Lipinski definition) is 2. The van der Waals surface area contributed by atoms with Gasteiger partial charge in [0.1, 0.15) is 7.85 Å². The van der Waals surface area contributed by atoms with E-state index in [-0.39, 0.29) is 6.10 Å². The average molecular weight is 113 g/mol. The maximum absolute atomic E-state index is 9.20. The first-order valence-corrected chi connectivity index (χ1v) is 3.13. The molecule has 0 aromatic carbocycles. The molecule has 2 nitrogen and oxygen atoms in total. The third-order valence-corrected chi connectivity index (χ3v) is 1.86. The van der Waals surface area contributed by atoms with E-state index in [9.17, 15) is 5.11 Å². The van der Waals surface area contributed by atoms with Gasteiger partial charge < -0.3 is 10.4 Å². The molecule has 1 aliphatic rings. The molecule has 1 saturated heterocycles. The summed E-state index contributed by atoms with van der Waals surface area (Å²) in [5.41, 5.74) is 0. The maximum atomic E-state index is 9.20. The van der Waals surface area contributed by atoms with E-state index < -0.39 is 0 Å². The molecule has 0 saturated carbocycles. The van der Waals surface area contributed by atoms with Crippen molar-refractivity contribution in [3.63, 3.8) is 0 Å². The molecule has 1 heterocycles. The van der Waals surface area contributed by atoms with Crippen LogP contribution in [-0.2, 0) is 0 Å². The fraction of sp³-hybridized carbons (Fsp3) is 1.00. The predicted molar refractivity (Wildman–Crippen MR) is 35.8 cm³/mol. The molecule has 1 fully saturated rings. The number of aliphatic hydroxyl groups excluding tert-OH is 1. The van der Waals surface area contributed by atoms with Crippen molar-refractivity contribution in [3.05, 3.63) is 0 Å². The number of rotatable bonds is 0. The zero-order chi connectivity index (χ0) is 6.15. The lowest BCUT2D eigenvalue weighted by Crippen LogP contribution is -2.26. The van der Waals surface area contributed by atoms with Gasteiger partial charge in [0.05, 0.1) is 6.10 Å². The topological polar surface area (TPSA) is 32.3 Å². The van der Waals surface area contributed by atoms with Gasteiger partial charge in [-0.15, -0.1) is 0 Å². The normalized spacial score (nSPS) is 47.5. The largest absolute Gasteiger partial charge is 0.392 e. The zero-order valence-corrected chi connectivity index (χ0v) is 5.39. The van der Waals surface area contributed by atoms with Gasteiger partial charge in [-0.3, -0.25) is 0 Å². The molecule has 2 N–H and O–H groups in total. The molecule has 0 bridgehead atoms. The molecular formula is C5H12BNO. The Hall–Kier alpha value is -0.0151. The minimum absolute atomic E-state index is 0.130. The number of nitrogens with one attached hydrogen (secondary N) is 1. The monoisotopic (exact) mass is 113 g/mol. The highest BCUT2D eigenvalue weighted by Crippen LogP contribution is 2.15. The first kappa shape index (κ1) is 6.11. The standard InChI is InChI=1S/C5H12BNO/c1-3-5(8)4(6)2-7-3/h3-5,7-8H,2,6H2,1H3/t3-,4?,5?/m1/s1. The van der Waals surface area contributed by atoms with E-state index in [1.165, 1.54) is 0 Å². The van der Waals surface area contributed by atoms with Crippen LogP contribution in [0.15, 0.2) is 0 Å². The van der Waals surface area contributed by atoms with Crippen molar-refractivity contribution in [3.8, 4) is 0 Å². The lowest BCUT2D eigenvalue weighted by Gasteiger charge is -2.09. The van der Waals surface area contributed by atoms with Crippen LogP contribution in [0.3, 0.4) is 0 Å². The van der Waals surface area contributed by atoms with E-state index in [0.29, 0.717) is 11.9 Å². The summed E-state index contributed by atoms with van der Waals surface area (Å²) in [6.07, 6.45) is -0.130. The molecule has 3 atom stereocenters. The summed E-state index contributed by atoms with van der Waals surface area (Å²) < 4.78 is 0. The summed E-state index contributed by atoms with van der Waals surface area (Å²) in [5.74, 6) is 0.435. The summed E-state index contributed by atoms with van der Waals surface area (Å²) >= 11 is 0. The van der Waals surface area contributed by atoms with E-state index in [1.54, 1.807) is 0 Å². The van der Waals surface area contributed by atoms with Gasteiger partial charge in [0, 0.05) is 6.04 Å². The molecule has 1 aliphatic heterocycles. The van der Waals surface area contributed by atoms with Crippen LogP contribution in [0, 0.1) is 0 Å². The highest BCUT2D eigenvalue weighted by atomic mass is 16.3. The van der Waals surface area contributed by atoms with E-state index in [4.69, 9.17) is 0 Å². The molecular weight excluding hydrogens is 101 g/mol. The van der Waals surface area contributed by atoms with Crippen molar-refractivity contribution < 1.29 is 5.11 Å². The summed E-state index contributed by atoms with van der Waals surface area (Å²) in [4.78, 5) is 0. The zero-order valence-electron chi connectivity index (χ0n) is 5.39. The van der Waals surface area contributed by atoms with E-state index in [0.717, 1.165) is 6.54 Å². The summed E-state index contributed by atoms with van der Waals surface area (Å²) in [5, 5.41) is 12.4. The van der Waals surface area contributed by atoms with Crippen LogP contribution < -0.4 is 5.32 Å². The lowest BCUT2D eigenvalue weighted by atomic mass is 9.83. The molecule has 3 heteroatoms. The Bertz CT molecular complexity index is 78.5. The van der Waals surface area contributed by atoms with Crippen LogP contribution in [0.5, 0.6) is 0 Å². The van der Waals surface area contributed by atoms with Crippen molar-refractivity contribution in [2.75, 3.05) is 6.54 Å². The molecule has 0 aromatic rings. The fourth-order valence-corrected chi connectivity index (χ4v) is 1.11. The van der Waals surface area contributed by atoms with Crippen molar-refractivity contribution in [2.45, 2.75) is 24.9 Å². The van der Waals surface area contributed by atoms with Crippen molar-refractivity contribution in [2.24, 2.45) is 0 Å². The van der Waals surface area contributed by atoms with Gasteiger partial charge in [0.15, 0.2) is 0 Å². The van der Waals surface area contributed by atoms with Crippen LogP contribution >= 0.6 is 0 Å². The number of aliphatic hydroxyl groups is 1. The third kappa shape index (κ3) is 0.882. The van der Waals surface area contributed by atoms with E-state index in [1.807, 2.05) is 6.92 Å². The SMILES string of the molecule is BC1CN[C@H](C)C1O. The second-order valence-electron chi connectivity index (χ2n) is 2.66. The Morgan fingerprint density at radius 3 is 2.50 bits per heavy atom. The molecule has 0 aliphatic carbocycles. The molecule has 0 amide bonds. The first-order valence-electron chi connectivity index (χ1n) is 3.13. The fourth-order valence-electron chi connectivity index (χ4n) is 1.11. The Morgan fingerprint density at radius 2 is 2.38 bits per heavy atom. The van der Waals surface area contributed by atoms with Crippen LogP contribution in [0.2, 0.25) is 5.82 Å². The Labute approximate surface area is 50.7 Å². The van der Waals surface area contributed by atoms with E-state index >= 15 is 0 Å². The summed E-state index contributed by atoms with van der Waals surface area (Å²) in [6, 6.07) is 0.296. The molecule has 8 heavy (non-hydrogen) atoms. The van der Waals surface area contributed by atoms with Crippen LogP contribution in [0.4, 0.5) is 0 Å². The summed E-state index contributed by atoms with van der Waals surface area (Å²) in [6.45, 7) is 2.97. The molecule has 2 unspecified atom stereocenters. The van der Waals surface area contributed by atoms with Gasteiger partial charge in [0.25, 0.3) is 0 Å². The highest BCUT2D eigenvalue weighted by molar-refractivity contribution is 6.12. The minimum Gasteiger partial charge on any atom is -0.392 e. The Morgan fingerprint density at radius 1 is 1.75 bits per heavy atom. The van der Waals surface area contributed by atoms with Crippen LogP contribution in [0.1, 0.15) is 6.92 Å². The van der Waals surface area contributed by atoms with Crippen molar-refractivity contribution in [1.82, 2.24) is 5.32 Å². The van der Waals surface area contributed by atoms with Gasteiger partial charge in [-0.2, -0.15) is 0 Å². The first-order chi connectivity index (χ1) is 3.72. The number of hydrogen-bond acceptors (Lipinski definition) is 2. The van der Waals surface area contributed by atoms with Gasteiger partial charge in [-0.25, -0.2) is 0 Å². The second kappa shape index (κ2) is 2.07. The van der Waals surface area contributed by atoms with Crippen molar-refractivity contribution in [1.29, 1.82) is 0 Å². The Kier molecular flexibility index (Phi) is 1.58. The average Bonchev–Trinajstić information content (AvgIpc) is 1.98. The quantitative estimate of drug-likeness (QED) is 0.385. The van der Waals surface area contributed by atoms with Gasteiger partial charge in [-0.1, -0.05) is 0 Å². The summed E-state index contributed by atoms with van der Waals surface area (Å²) in [7, 11) is 2.06. The molecule has 46 valence electrons. The molecule has 0 radical (unpaired) electrons. The van der Waals surface area contributed by atoms with Gasteiger partial charge in [0.2, 0.25) is 0 Å². The minimum atomic E-state index is -0.130. The third-order valence-electron chi connectivity index (χ3n) is 1.86. The van der Waals surface area contributed by atoms with E-state index in [2.05, 4.69) is 13.2 Å². The van der Waals surface area contributed by atoms with Crippen LogP contribution in [-0.4, -0.2) is 31.6 Å². The maximum Gasteiger partial charge on any atom is 0.110 e. The van der Waals surface area contributed by atoms with Gasteiger partial charge >= 0.3 is 0 Å². The smallest absolute Gasteiger partial charge is 0.110 e. The van der Waals surface area contributed by atoms with Crippen LogP contribution in [0.25, 0.3) is 0 Å². The second-order valence-corrected chi connectivity index (χ2v) is 2.66. The molecule has 0 aromatic heterocycles. The predicted octanol–water partition coefficient (Wildman–Crippen LogP) is -1.24. The Balaban J connectivity index is 2.44. The highest BCUT2D eigenvalue weighted by Gasteiger charge is 2.26. The molecule has 0 spiro atoms. The lowest BCUT2D eigenvalue weighted by molar-refractivity contribution is 0.166. The van der Waals surface area contributed by atoms with Gasteiger partial charge in [-0.05, 0) is 19.3 Å². The molecule has 1 rings (SSSR count).